The van der Waals surface area contributed by atoms with Gasteiger partial charge in [-0.15, -0.1) is 0 Å². The number of fused-ring (bicyclic) bond motifs is 1. The lowest BCUT2D eigenvalue weighted by Crippen LogP contribution is -2.40. The van der Waals surface area contributed by atoms with E-state index in [1.807, 2.05) is 18.7 Å². The van der Waals surface area contributed by atoms with Gasteiger partial charge in [-0.1, -0.05) is 31.1 Å². The molecule has 0 unspecified atom stereocenters. The number of nitrogens with zero attached hydrogens (tertiary/aromatic N) is 3. The fraction of sp³-hybridized carbons (Fsp3) is 0.545. The molecule has 1 aliphatic carbocycles. The van der Waals surface area contributed by atoms with Crippen molar-refractivity contribution in [1.82, 2.24) is 20.4 Å². The summed E-state index contributed by atoms with van der Waals surface area (Å²) in [5.41, 5.74) is 0.199. The number of carbonyl (C=O) groups excluding carboxylic acids is 2. The van der Waals surface area contributed by atoms with E-state index >= 15 is 0 Å². The Morgan fingerprint density at radius 1 is 1.40 bits per heavy atom. The molecule has 2 aromatic rings. The molecular formula is C22H27FN4O3. The summed E-state index contributed by atoms with van der Waals surface area (Å²) in [6, 6.07) is 6.02. The van der Waals surface area contributed by atoms with Crippen LogP contribution in [0.5, 0.6) is 0 Å². The molecule has 0 radical (unpaired) electrons. The lowest BCUT2D eigenvalue weighted by atomic mass is 9.80. The third kappa shape index (κ3) is 3.82. The molecule has 160 valence electrons. The van der Waals surface area contributed by atoms with Crippen molar-refractivity contribution in [2.24, 2.45) is 11.8 Å². The third-order valence-electron chi connectivity index (χ3n) is 6.25. The Bertz CT molecular complexity index is 959. The first-order chi connectivity index (χ1) is 14.3. The van der Waals surface area contributed by atoms with Crippen molar-refractivity contribution < 1.29 is 18.5 Å². The van der Waals surface area contributed by atoms with Gasteiger partial charge in [0, 0.05) is 25.0 Å². The van der Waals surface area contributed by atoms with Gasteiger partial charge < -0.3 is 14.7 Å². The Hall–Kier alpha value is -2.77. The molecule has 1 saturated carbocycles. The van der Waals surface area contributed by atoms with E-state index in [9.17, 15) is 14.0 Å². The van der Waals surface area contributed by atoms with E-state index in [4.69, 9.17) is 4.52 Å². The number of rotatable bonds is 5. The molecule has 2 heterocycles. The summed E-state index contributed by atoms with van der Waals surface area (Å²) in [4.78, 5) is 31.5. The fourth-order valence-electron chi connectivity index (χ4n) is 4.96. The van der Waals surface area contributed by atoms with E-state index in [0.717, 1.165) is 6.42 Å². The molecule has 2 amide bonds. The monoisotopic (exact) mass is 414 g/mol. The van der Waals surface area contributed by atoms with E-state index in [1.54, 1.807) is 19.1 Å². The van der Waals surface area contributed by atoms with Crippen molar-refractivity contribution in [3.8, 4) is 0 Å². The Morgan fingerprint density at radius 2 is 2.20 bits per heavy atom. The first kappa shape index (κ1) is 20.5. The summed E-state index contributed by atoms with van der Waals surface area (Å²) in [6.07, 6.45) is 1.50. The van der Waals surface area contributed by atoms with Crippen LogP contribution in [0.3, 0.4) is 0 Å². The van der Waals surface area contributed by atoms with Crippen LogP contribution in [0.1, 0.15) is 44.0 Å². The van der Waals surface area contributed by atoms with E-state index in [0.29, 0.717) is 36.8 Å². The average molecular weight is 414 g/mol. The number of likely N-dealkylation sites (tertiary alicyclic amines) is 1. The minimum atomic E-state index is -0.442. The van der Waals surface area contributed by atoms with Crippen molar-refractivity contribution in [3.05, 3.63) is 47.4 Å². The molecule has 0 bridgehead atoms. The van der Waals surface area contributed by atoms with Crippen LogP contribution in [0, 0.1) is 24.6 Å². The van der Waals surface area contributed by atoms with Crippen molar-refractivity contribution >= 4 is 11.8 Å². The van der Waals surface area contributed by atoms with Crippen molar-refractivity contribution in [3.63, 3.8) is 0 Å². The third-order valence-corrected chi connectivity index (χ3v) is 6.25. The van der Waals surface area contributed by atoms with Gasteiger partial charge in [-0.2, -0.15) is 4.98 Å². The summed E-state index contributed by atoms with van der Waals surface area (Å²) >= 11 is 0. The van der Waals surface area contributed by atoms with Crippen LogP contribution >= 0.6 is 0 Å². The van der Waals surface area contributed by atoms with E-state index in [-0.39, 0.29) is 41.9 Å². The normalized spacial score (nSPS) is 25.6. The maximum atomic E-state index is 13.4. The van der Waals surface area contributed by atoms with Crippen LogP contribution in [0.4, 0.5) is 4.39 Å². The van der Waals surface area contributed by atoms with E-state index in [1.165, 1.54) is 12.1 Å². The highest BCUT2D eigenvalue weighted by Crippen LogP contribution is 2.50. The van der Waals surface area contributed by atoms with Crippen molar-refractivity contribution in [2.75, 3.05) is 13.1 Å². The Kier molecular flexibility index (Phi) is 5.34. The van der Waals surface area contributed by atoms with Gasteiger partial charge in [0.2, 0.25) is 17.7 Å². The van der Waals surface area contributed by atoms with Crippen LogP contribution in [0.25, 0.3) is 0 Å². The van der Waals surface area contributed by atoms with Gasteiger partial charge in [0.1, 0.15) is 5.82 Å². The summed E-state index contributed by atoms with van der Waals surface area (Å²) in [5, 5.41) is 7.05. The number of hydrogen-bond acceptors (Lipinski definition) is 5. The molecule has 3 atom stereocenters. The minimum absolute atomic E-state index is 0.0560. The molecule has 1 aliphatic heterocycles. The Labute approximate surface area is 175 Å². The summed E-state index contributed by atoms with van der Waals surface area (Å²) in [6.45, 7) is 6.71. The lowest BCUT2D eigenvalue weighted by molar-refractivity contribution is -0.134. The quantitative estimate of drug-likeness (QED) is 0.812. The molecule has 30 heavy (non-hydrogen) atoms. The first-order valence-corrected chi connectivity index (χ1v) is 10.4. The molecule has 2 aliphatic rings. The number of aromatic nitrogens is 2. The predicted molar refractivity (Wildman–Crippen MR) is 107 cm³/mol. The van der Waals surface area contributed by atoms with Crippen LogP contribution < -0.4 is 5.32 Å². The summed E-state index contributed by atoms with van der Waals surface area (Å²) in [7, 11) is 0. The molecule has 1 N–H and O–H groups in total. The molecule has 1 aromatic heterocycles. The number of nitrogens with one attached hydrogen (secondary N) is 1. The number of halogens is 1. The second kappa shape index (κ2) is 7.81. The second-order valence-electron chi connectivity index (χ2n) is 8.88. The van der Waals surface area contributed by atoms with Gasteiger partial charge in [-0.3, -0.25) is 9.59 Å². The zero-order valence-corrected chi connectivity index (χ0v) is 17.5. The van der Waals surface area contributed by atoms with Crippen molar-refractivity contribution in [2.45, 2.75) is 51.5 Å². The van der Waals surface area contributed by atoms with Crippen LogP contribution in [-0.4, -0.2) is 46.0 Å². The van der Waals surface area contributed by atoms with E-state index < -0.39 is 5.41 Å². The number of aryl methyl sites for hydroxylation is 1. The fourth-order valence-corrected chi connectivity index (χ4v) is 4.96. The smallest absolute Gasteiger partial charge is 0.235 e. The zero-order chi connectivity index (χ0) is 21.5. The number of benzene rings is 1. The number of carbonyl (C=O) groups is 2. The van der Waals surface area contributed by atoms with Crippen LogP contribution in [-0.2, 0) is 21.4 Å². The molecule has 0 spiro atoms. The molecule has 7 nitrogen and oxygen atoms in total. The SMILES string of the molecule is Cc1noc([C@]23C[C@H](NC(=O)Cc4cccc(F)c4)C[C@H]2CN(C(=O)C(C)C)C3)n1. The Morgan fingerprint density at radius 3 is 2.87 bits per heavy atom. The minimum Gasteiger partial charge on any atom is -0.353 e. The molecular weight excluding hydrogens is 387 g/mol. The molecule has 2 fully saturated rings. The molecule has 4 rings (SSSR count). The van der Waals surface area contributed by atoms with E-state index in [2.05, 4.69) is 15.5 Å². The average Bonchev–Trinajstić information content (AvgIpc) is 3.33. The van der Waals surface area contributed by atoms with Gasteiger partial charge in [0.25, 0.3) is 0 Å². The van der Waals surface area contributed by atoms with Gasteiger partial charge in [-0.05, 0) is 43.4 Å². The van der Waals surface area contributed by atoms with Crippen molar-refractivity contribution in [1.29, 1.82) is 0 Å². The number of hydrogen-bond donors (Lipinski definition) is 1. The topological polar surface area (TPSA) is 88.3 Å². The highest BCUT2D eigenvalue weighted by atomic mass is 19.1. The molecule has 1 saturated heterocycles. The van der Waals surface area contributed by atoms with Crippen LogP contribution in [0.15, 0.2) is 28.8 Å². The maximum Gasteiger partial charge on any atom is 0.235 e. The standard InChI is InChI=1S/C22H27FN4O3/c1-13(2)20(29)27-11-16-9-18(10-22(16,12-27)21-24-14(3)26-30-21)25-19(28)8-15-5-4-6-17(23)7-15/h4-7,13,16,18H,8-12H2,1-3H3,(H,25,28)/t16-,18+,22-/m0/s1. The zero-order valence-electron chi connectivity index (χ0n) is 17.5. The highest BCUT2D eigenvalue weighted by molar-refractivity contribution is 5.79. The van der Waals surface area contributed by atoms with Crippen LogP contribution in [0.2, 0.25) is 0 Å². The Balaban J connectivity index is 1.49. The largest absolute Gasteiger partial charge is 0.353 e. The molecule has 1 aromatic carbocycles. The van der Waals surface area contributed by atoms with Gasteiger partial charge in [0.05, 0.1) is 11.8 Å². The first-order valence-electron chi connectivity index (χ1n) is 10.4. The predicted octanol–water partition coefficient (Wildman–Crippen LogP) is 2.39. The van der Waals surface area contributed by atoms with Gasteiger partial charge >= 0.3 is 0 Å². The summed E-state index contributed by atoms with van der Waals surface area (Å²) < 4.78 is 18.9. The molecule has 8 heteroatoms. The summed E-state index contributed by atoms with van der Waals surface area (Å²) in [5.74, 6) is 0.795. The highest BCUT2D eigenvalue weighted by Gasteiger charge is 2.58. The number of amides is 2. The lowest BCUT2D eigenvalue weighted by Gasteiger charge is -2.26. The second-order valence-corrected chi connectivity index (χ2v) is 8.88. The van der Waals surface area contributed by atoms with Gasteiger partial charge in [-0.25, -0.2) is 4.39 Å². The maximum absolute atomic E-state index is 13.4. The van der Waals surface area contributed by atoms with Gasteiger partial charge in [0.15, 0.2) is 5.82 Å².